The van der Waals surface area contributed by atoms with Crippen molar-refractivity contribution >= 4 is 0 Å². The lowest BCUT2D eigenvalue weighted by Crippen LogP contribution is -2.37. The molecule has 0 bridgehead atoms. The van der Waals surface area contributed by atoms with Crippen LogP contribution in [0.3, 0.4) is 0 Å². The van der Waals surface area contributed by atoms with E-state index in [2.05, 4.69) is 44.3 Å². The molecule has 1 aliphatic rings. The maximum absolute atomic E-state index is 4.42. The molecule has 0 aromatic carbocycles. The summed E-state index contributed by atoms with van der Waals surface area (Å²) in [6.07, 6.45) is 7.42. The molecule has 1 fully saturated rings. The molecule has 0 radical (unpaired) electrons. The van der Waals surface area contributed by atoms with Crippen molar-refractivity contribution in [3.63, 3.8) is 0 Å². The van der Waals surface area contributed by atoms with Gasteiger partial charge in [-0.15, -0.1) is 0 Å². The van der Waals surface area contributed by atoms with Crippen molar-refractivity contribution in [1.82, 2.24) is 15.1 Å². The highest BCUT2D eigenvalue weighted by Gasteiger charge is 2.27. The first-order chi connectivity index (χ1) is 8.37. The maximum Gasteiger partial charge on any atom is 0.0641 e. The summed E-state index contributed by atoms with van der Waals surface area (Å²) in [5.74, 6) is 0. The Bertz CT molecular complexity index is 396. The van der Waals surface area contributed by atoms with E-state index in [0.29, 0.717) is 17.5 Å². The Morgan fingerprint density at radius 2 is 2.00 bits per heavy atom. The van der Waals surface area contributed by atoms with E-state index in [0.717, 1.165) is 5.69 Å². The van der Waals surface area contributed by atoms with E-state index < -0.39 is 0 Å². The molecule has 3 heteroatoms. The summed E-state index contributed by atoms with van der Waals surface area (Å²) < 4.78 is 1.91. The third-order valence-corrected chi connectivity index (χ3v) is 4.34. The third kappa shape index (κ3) is 3.14. The SMILES string of the molecule is Cc1nn(C)cc1C(C)NC1CCC(C)(C)CC1. The van der Waals surface area contributed by atoms with Crippen molar-refractivity contribution in [2.45, 2.75) is 65.5 Å². The largest absolute Gasteiger partial charge is 0.307 e. The minimum absolute atomic E-state index is 0.407. The van der Waals surface area contributed by atoms with Crippen molar-refractivity contribution in [3.8, 4) is 0 Å². The molecule has 1 aliphatic carbocycles. The van der Waals surface area contributed by atoms with Gasteiger partial charge in [0.05, 0.1) is 5.69 Å². The standard InChI is InChI=1S/C15H27N3/c1-11(14-10-18(5)17-12(14)2)16-13-6-8-15(3,4)9-7-13/h10-11,13,16H,6-9H2,1-5H3. The summed E-state index contributed by atoms with van der Waals surface area (Å²) in [6, 6.07) is 1.08. The fourth-order valence-corrected chi connectivity index (χ4v) is 3.05. The number of nitrogens with zero attached hydrogens (tertiary/aromatic N) is 2. The first-order valence-corrected chi connectivity index (χ1v) is 7.13. The van der Waals surface area contributed by atoms with Crippen LogP contribution >= 0.6 is 0 Å². The molecule has 0 amide bonds. The number of aryl methyl sites for hydroxylation is 2. The van der Waals surface area contributed by atoms with Crippen LogP contribution in [-0.2, 0) is 7.05 Å². The fraction of sp³-hybridized carbons (Fsp3) is 0.800. The zero-order valence-electron chi connectivity index (χ0n) is 12.5. The van der Waals surface area contributed by atoms with Gasteiger partial charge in [0.1, 0.15) is 0 Å². The van der Waals surface area contributed by atoms with Gasteiger partial charge in [-0.2, -0.15) is 5.10 Å². The van der Waals surface area contributed by atoms with Crippen LogP contribution in [0.5, 0.6) is 0 Å². The van der Waals surface area contributed by atoms with Gasteiger partial charge >= 0.3 is 0 Å². The molecule has 0 saturated heterocycles. The monoisotopic (exact) mass is 249 g/mol. The molecule has 1 N–H and O–H groups in total. The van der Waals surface area contributed by atoms with E-state index in [1.54, 1.807) is 0 Å². The number of aromatic nitrogens is 2. The van der Waals surface area contributed by atoms with Gasteiger partial charge in [-0.05, 0) is 44.9 Å². The van der Waals surface area contributed by atoms with Gasteiger partial charge in [0.25, 0.3) is 0 Å². The molecule has 1 aromatic rings. The molecular formula is C15H27N3. The van der Waals surface area contributed by atoms with E-state index in [4.69, 9.17) is 0 Å². The highest BCUT2D eigenvalue weighted by molar-refractivity contribution is 5.19. The lowest BCUT2D eigenvalue weighted by Gasteiger charge is -2.36. The number of hydrogen-bond acceptors (Lipinski definition) is 2. The molecular weight excluding hydrogens is 222 g/mol. The first kappa shape index (κ1) is 13.6. The highest BCUT2D eigenvalue weighted by Crippen LogP contribution is 2.35. The average Bonchev–Trinajstić information content (AvgIpc) is 2.61. The lowest BCUT2D eigenvalue weighted by molar-refractivity contribution is 0.200. The van der Waals surface area contributed by atoms with E-state index in [9.17, 15) is 0 Å². The summed E-state index contributed by atoms with van der Waals surface area (Å²) in [4.78, 5) is 0. The zero-order valence-corrected chi connectivity index (χ0v) is 12.5. The van der Waals surface area contributed by atoms with E-state index >= 15 is 0 Å². The summed E-state index contributed by atoms with van der Waals surface area (Å²) in [5.41, 5.74) is 3.03. The number of nitrogens with one attached hydrogen (secondary N) is 1. The average molecular weight is 249 g/mol. The van der Waals surface area contributed by atoms with Gasteiger partial charge in [-0.25, -0.2) is 0 Å². The first-order valence-electron chi connectivity index (χ1n) is 7.13. The van der Waals surface area contributed by atoms with Crippen molar-refractivity contribution in [3.05, 3.63) is 17.5 Å². The summed E-state index contributed by atoms with van der Waals surface area (Å²) >= 11 is 0. The lowest BCUT2D eigenvalue weighted by atomic mass is 9.75. The van der Waals surface area contributed by atoms with E-state index in [1.807, 2.05) is 11.7 Å². The van der Waals surface area contributed by atoms with Gasteiger partial charge in [-0.3, -0.25) is 4.68 Å². The van der Waals surface area contributed by atoms with Crippen molar-refractivity contribution < 1.29 is 0 Å². The van der Waals surface area contributed by atoms with Crippen molar-refractivity contribution in [2.24, 2.45) is 12.5 Å². The van der Waals surface area contributed by atoms with Gasteiger partial charge < -0.3 is 5.32 Å². The van der Waals surface area contributed by atoms with E-state index in [-0.39, 0.29) is 0 Å². The Hall–Kier alpha value is -0.830. The Balaban J connectivity index is 1.92. The molecule has 18 heavy (non-hydrogen) atoms. The van der Waals surface area contributed by atoms with Crippen LogP contribution in [0, 0.1) is 12.3 Å². The molecule has 1 unspecified atom stereocenters. The smallest absolute Gasteiger partial charge is 0.0641 e. The predicted molar refractivity (Wildman–Crippen MR) is 75.5 cm³/mol. The second-order valence-electron chi connectivity index (χ2n) is 6.67. The summed E-state index contributed by atoms with van der Waals surface area (Å²) in [7, 11) is 1.99. The minimum atomic E-state index is 0.407. The fourth-order valence-electron chi connectivity index (χ4n) is 3.05. The molecule has 0 spiro atoms. The van der Waals surface area contributed by atoms with Crippen LogP contribution < -0.4 is 5.32 Å². The Kier molecular flexibility index (Phi) is 3.81. The number of hydrogen-bond donors (Lipinski definition) is 1. The highest BCUT2D eigenvalue weighted by atomic mass is 15.3. The van der Waals surface area contributed by atoms with Crippen LogP contribution in [0.2, 0.25) is 0 Å². The van der Waals surface area contributed by atoms with Crippen LogP contribution in [-0.4, -0.2) is 15.8 Å². The van der Waals surface area contributed by atoms with Crippen LogP contribution in [0.4, 0.5) is 0 Å². The van der Waals surface area contributed by atoms with Crippen LogP contribution in [0.1, 0.15) is 63.8 Å². The second-order valence-corrected chi connectivity index (χ2v) is 6.67. The molecule has 2 rings (SSSR count). The Labute approximate surface area is 111 Å². The molecule has 0 aliphatic heterocycles. The summed E-state index contributed by atoms with van der Waals surface area (Å²) in [6.45, 7) is 9.12. The molecule has 102 valence electrons. The van der Waals surface area contributed by atoms with Crippen molar-refractivity contribution in [1.29, 1.82) is 0 Å². The molecule has 1 heterocycles. The maximum atomic E-state index is 4.42. The Morgan fingerprint density at radius 1 is 1.39 bits per heavy atom. The molecule has 1 aromatic heterocycles. The van der Waals surface area contributed by atoms with Gasteiger partial charge in [0.2, 0.25) is 0 Å². The zero-order chi connectivity index (χ0) is 13.3. The molecule has 3 nitrogen and oxygen atoms in total. The van der Waals surface area contributed by atoms with Gasteiger partial charge in [0.15, 0.2) is 0 Å². The number of rotatable bonds is 3. The predicted octanol–water partition coefficient (Wildman–Crippen LogP) is 3.35. The van der Waals surface area contributed by atoms with Crippen LogP contribution in [0.25, 0.3) is 0 Å². The quantitative estimate of drug-likeness (QED) is 0.890. The molecule has 1 saturated carbocycles. The third-order valence-electron chi connectivity index (χ3n) is 4.34. The topological polar surface area (TPSA) is 29.9 Å². The molecule has 1 atom stereocenters. The van der Waals surface area contributed by atoms with Gasteiger partial charge in [-0.1, -0.05) is 13.8 Å². The van der Waals surface area contributed by atoms with Crippen molar-refractivity contribution in [2.75, 3.05) is 0 Å². The van der Waals surface area contributed by atoms with E-state index in [1.165, 1.54) is 31.2 Å². The Morgan fingerprint density at radius 3 is 2.50 bits per heavy atom. The normalized spacial score (nSPS) is 22.1. The minimum Gasteiger partial charge on any atom is -0.307 e. The van der Waals surface area contributed by atoms with Crippen LogP contribution in [0.15, 0.2) is 6.20 Å². The second kappa shape index (κ2) is 5.04. The van der Waals surface area contributed by atoms with Gasteiger partial charge in [0, 0.05) is 30.9 Å². The summed E-state index contributed by atoms with van der Waals surface area (Å²) in [5, 5.41) is 8.20.